The Balaban J connectivity index is 2.37. The molecule has 0 aliphatic rings. The predicted molar refractivity (Wildman–Crippen MR) is 58.2 cm³/mol. The van der Waals surface area contributed by atoms with Crippen LogP contribution in [0.25, 0.3) is 0 Å². The van der Waals surface area contributed by atoms with Gasteiger partial charge in [-0.2, -0.15) is 5.26 Å². The van der Waals surface area contributed by atoms with Gasteiger partial charge in [-0.1, -0.05) is 17.7 Å². The lowest BCUT2D eigenvalue weighted by Gasteiger charge is -2.06. The van der Waals surface area contributed by atoms with Gasteiger partial charge in [0.15, 0.2) is 0 Å². The first-order valence-electron chi connectivity index (χ1n) is 4.54. The summed E-state index contributed by atoms with van der Waals surface area (Å²) in [4.78, 5) is 7.47. The van der Waals surface area contributed by atoms with Crippen LogP contribution in [0.5, 0.6) is 11.6 Å². The van der Waals surface area contributed by atoms with Gasteiger partial charge in [-0.15, -0.1) is 0 Å². The second-order valence-corrected chi connectivity index (χ2v) is 3.39. The maximum Gasteiger partial charge on any atom is 0.223 e. The Morgan fingerprint density at radius 3 is 2.88 bits per heavy atom. The Kier molecular flexibility index (Phi) is 3.17. The number of halogens is 2. The molecule has 0 saturated carbocycles. The van der Waals surface area contributed by atoms with Crippen molar-refractivity contribution in [1.29, 1.82) is 5.26 Å². The monoisotopic (exact) mass is 249 g/mol. The van der Waals surface area contributed by atoms with Crippen molar-refractivity contribution in [3.8, 4) is 17.7 Å². The van der Waals surface area contributed by atoms with E-state index in [2.05, 4.69) is 9.97 Å². The van der Waals surface area contributed by atoms with Gasteiger partial charge in [0.05, 0.1) is 0 Å². The van der Waals surface area contributed by atoms with Crippen molar-refractivity contribution in [2.45, 2.75) is 0 Å². The van der Waals surface area contributed by atoms with E-state index in [9.17, 15) is 4.39 Å². The Labute approximate surface area is 101 Å². The lowest BCUT2D eigenvalue weighted by Crippen LogP contribution is -1.93. The van der Waals surface area contributed by atoms with E-state index in [0.29, 0.717) is 0 Å². The van der Waals surface area contributed by atoms with Crippen LogP contribution in [0.1, 0.15) is 5.56 Å². The van der Waals surface area contributed by atoms with Gasteiger partial charge in [-0.05, 0) is 12.1 Å². The van der Waals surface area contributed by atoms with Gasteiger partial charge >= 0.3 is 0 Å². The molecule has 0 atom stereocenters. The number of benzene rings is 1. The van der Waals surface area contributed by atoms with Crippen LogP contribution in [0.3, 0.4) is 0 Å². The molecule has 0 aliphatic carbocycles. The molecule has 1 aromatic carbocycles. The summed E-state index contributed by atoms with van der Waals surface area (Å²) in [5.74, 6) is -0.417. The Morgan fingerprint density at radius 2 is 2.18 bits per heavy atom. The number of ether oxygens (including phenoxy) is 1. The van der Waals surface area contributed by atoms with Gasteiger partial charge < -0.3 is 4.74 Å². The molecule has 17 heavy (non-hydrogen) atoms. The van der Waals surface area contributed by atoms with E-state index >= 15 is 0 Å². The summed E-state index contributed by atoms with van der Waals surface area (Å²) in [5.41, 5.74) is -0.178. The van der Waals surface area contributed by atoms with Crippen molar-refractivity contribution in [2.75, 3.05) is 0 Å². The molecular weight excluding hydrogens is 245 g/mol. The first-order valence-corrected chi connectivity index (χ1v) is 4.92. The SMILES string of the molecule is N#Cc1c(F)cccc1Oc1cc(Cl)ncn1. The third-order valence-corrected chi connectivity index (χ3v) is 2.12. The largest absolute Gasteiger partial charge is 0.437 e. The molecule has 0 spiro atoms. The molecule has 6 heteroatoms. The molecule has 2 aromatic rings. The molecule has 0 fully saturated rings. The number of nitriles is 1. The third kappa shape index (κ3) is 2.49. The van der Waals surface area contributed by atoms with Gasteiger partial charge in [0.25, 0.3) is 0 Å². The number of hydrogen-bond donors (Lipinski definition) is 0. The molecule has 0 saturated heterocycles. The molecule has 0 radical (unpaired) electrons. The fourth-order valence-electron chi connectivity index (χ4n) is 1.18. The van der Waals surface area contributed by atoms with Crippen molar-refractivity contribution in [1.82, 2.24) is 9.97 Å². The second kappa shape index (κ2) is 4.76. The van der Waals surface area contributed by atoms with Gasteiger partial charge in [0, 0.05) is 6.07 Å². The predicted octanol–water partition coefficient (Wildman–Crippen LogP) is 2.93. The van der Waals surface area contributed by atoms with Crippen LogP contribution in [-0.4, -0.2) is 9.97 Å². The van der Waals surface area contributed by atoms with Gasteiger partial charge in [-0.3, -0.25) is 0 Å². The highest BCUT2D eigenvalue weighted by molar-refractivity contribution is 6.29. The van der Waals surface area contributed by atoms with Crippen LogP contribution in [0.2, 0.25) is 5.15 Å². The van der Waals surface area contributed by atoms with Crippen molar-refractivity contribution >= 4 is 11.6 Å². The maximum atomic E-state index is 13.3. The molecule has 4 nitrogen and oxygen atoms in total. The zero-order valence-electron chi connectivity index (χ0n) is 8.39. The van der Waals surface area contributed by atoms with Gasteiger partial charge in [0.2, 0.25) is 5.88 Å². The quantitative estimate of drug-likeness (QED) is 0.768. The summed E-state index contributed by atoms with van der Waals surface area (Å²) in [6.45, 7) is 0. The van der Waals surface area contributed by atoms with Gasteiger partial charge in [-0.25, -0.2) is 14.4 Å². The smallest absolute Gasteiger partial charge is 0.223 e. The fraction of sp³-hybridized carbons (Fsp3) is 0. The summed E-state index contributed by atoms with van der Waals surface area (Å²) >= 11 is 5.65. The van der Waals surface area contributed by atoms with Crippen molar-refractivity contribution in [2.24, 2.45) is 0 Å². The lowest BCUT2D eigenvalue weighted by atomic mass is 10.2. The fourth-order valence-corrected chi connectivity index (χ4v) is 1.32. The topological polar surface area (TPSA) is 58.8 Å². The molecule has 1 aromatic heterocycles. The van der Waals surface area contributed by atoms with Crippen LogP contribution >= 0.6 is 11.6 Å². The van der Waals surface area contributed by atoms with Crippen molar-refractivity contribution in [3.05, 3.63) is 47.1 Å². The van der Waals surface area contributed by atoms with Crippen LogP contribution in [0.4, 0.5) is 4.39 Å². The first kappa shape index (κ1) is 11.3. The highest BCUT2D eigenvalue weighted by Crippen LogP contribution is 2.25. The standard InChI is InChI=1S/C11H5ClFN3O/c12-10-4-11(16-6-15-10)17-9-3-1-2-8(13)7(9)5-14/h1-4,6H. The van der Waals surface area contributed by atoms with Crippen LogP contribution in [-0.2, 0) is 0 Å². The molecular formula is C11H5ClFN3O. The van der Waals surface area contributed by atoms with E-state index in [1.807, 2.05) is 0 Å². The molecule has 84 valence electrons. The zero-order chi connectivity index (χ0) is 12.3. The lowest BCUT2D eigenvalue weighted by molar-refractivity contribution is 0.454. The average Bonchev–Trinajstić information content (AvgIpc) is 2.29. The normalized spacial score (nSPS) is 9.71. The van der Waals surface area contributed by atoms with E-state index in [0.717, 1.165) is 0 Å². The molecule has 2 rings (SSSR count). The maximum absolute atomic E-state index is 13.3. The summed E-state index contributed by atoms with van der Waals surface area (Å²) < 4.78 is 18.5. The molecule has 0 N–H and O–H groups in total. The Morgan fingerprint density at radius 1 is 1.35 bits per heavy atom. The van der Waals surface area contributed by atoms with Gasteiger partial charge in [0.1, 0.15) is 34.7 Å². The first-order chi connectivity index (χ1) is 8.20. The summed E-state index contributed by atoms with van der Waals surface area (Å²) in [6.07, 6.45) is 1.21. The Hall–Kier alpha value is -2.19. The summed E-state index contributed by atoms with van der Waals surface area (Å²) in [6, 6.07) is 7.18. The third-order valence-electron chi connectivity index (χ3n) is 1.91. The highest BCUT2D eigenvalue weighted by Gasteiger charge is 2.10. The Bertz CT molecular complexity index is 598. The molecule has 0 amide bonds. The minimum atomic E-state index is -0.648. The van der Waals surface area contributed by atoms with E-state index in [-0.39, 0.29) is 22.3 Å². The van der Waals surface area contributed by atoms with E-state index in [1.54, 1.807) is 6.07 Å². The zero-order valence-corrected chi connectivity index (χ0v) is 9.15. The summed E-state index contributed by atoms with van der Waals surface area (Å²) in [7, 11) is 0. The number of hydrogen-bond acceptors (Lipinski definition) is 4. The number of rotatable bonds is 2. The van der Waals surface area contributed by atoms with E-state index in [1.165, 1.54) is 30.6 Å². The molecule has 0 aliphatic heterocycles. The number of aromatic nitrogens is 2. The van der Waals surface area contributed by atoms with Crippen LogP contribution in [0, 0.1) is 17.1 Å². The minimum absolute atomic E-state index is 0.0854. The van der Waals surface area contributed by atoms with Crippen LogP contribution < -0.4 is 4.74 Å². The average molecular weight is 250 g/mol. The second-order valence-electron chi connectivity index (χ2n) is 3.01. The van der Waals surface area contributed by atoms with E-state index < -0.39 is 5.82 Å². The highest BCUT2D eigenvalue weighted by atomic mass is 35.5. The minimum Gasteiger partial charge on any atom is -0.437 e. The molecule has 0 bridgehead atoms. The van der Waals surface area contributed by atoms with E-state index in [4.69, 9.17) is 21.6 Å². The van der Waals surface area contributed by atoms with Crippen LogP contribution in [0.15, 0.2) is 30.6 Å². The van der Waals surface area contributed by atoms with Crippen molar-refractivity contribution in [3.63, 3.8) is 0 Å². The number of nitrogens with zero attached hydrogens (tertiary/aromatic N) is 3. The van der Waals surface area contributed by atoms with Crippen molar-refractivity contribution < 1.29 is 9.13 Å². The summed E-state index contributed by atoms with van der Waals surface area (Å²) in [5, 5.41) is 9.00. The molecule has 1 heterocycles. The molecule has 0 unspecified atom stereocenters.